The van der Waals surface area contributed by atoms with E-state index < -0.39 is 10.0 Å². The molecular weight excluding hydrogens is 300 g/mol. The first-order valence-electron chi connectivity index (χ1n) is 7.71. The van der Waals surface area contributed by atoms with Crippen LogP contribution in [0.3, 0.4) is 0 Å². The number of rotatable bonds is 6. The number of carbonyl (C=O) groups is 1. The molecule has 22 heavy (non-hydrogen) atoms. The molecule has 1 heterocycles. The zero-order valence-electron chi connectivity index (χ0n) is 13.4. The molecule has 5 nitrogen and oxygen atoms in total. The van der Waals surface area contributed by atoms with Gasteiger partial charge in [-0.3, -0.25) is 4.79 Å². The van der Waals surface area contributed by atoms with Crippen LogP contribution in [0.15, 0.2) is 29.2 Å². The van der Waals surface area contributed by atoms with Crippen molar-refractivity contribution in [2.24, 2.45) is 5.92 Å². The molecule has 0 aliphatic carbocycles. The van der Waals surface area contributed by atoms with Crippen molar-refractivity contribution in [2.45, 2.75) is 44.6 Å². The predicted octanol–water partition coefficient (Wildman–Crippen LogP) is 1.78. The largest absolute Gasteiger partial charge is 0.340 e. The lowest BCUT2D eigenvalue weighted by atomic mass is 10.1. The van der Waals surface area contributed by atoms with Crippen molar-refractivity contribution in [3.8, 4) is 0 Å². The summed E-state index contributed by atoms with van der Waals surface area (Å²) < 4.78 is 27.2. The van der Waals surface area contributed by atoms with E-state index in [-0.39, 0.29) is 22.8 Å². The van der Waals surface area contributed by atoms with Crippen LogP contribution in [0.25, 0.3) is 0 Å². The molecular formula is C16H24N2O3S. The molecule has 1 atom stereocenters. The fourth-order valence-electron chi connectivity index (χ4n) is 2.66. The average Bonchev–Trinajstić information content (AvgIpc) is 2.87. The maximum atomic E-state index is 12.3. The second-order valence-corrected chi connectivity index (χ2v) is 7.83. The molecule has 6 heteroatoms. The summed E-state index contributed by atoms with van der Waals surface area (Å²) in [5, 5.41) is 0. The van der Waals surface area contributed by atoms with Crippen molar-refractivity contribution < 1.29 is 13.2 Å². The summed E-state index contributed by atoms with van der Waals surface area (Å²) in [6.07, 6.45) is 1.29. The molecule has 1 amide bonds. The zero-order chi connectivity index (χ0) is 16.3. The number of hydrogen-bond donors (Lipinski definition) is 1. The van der Waals surface area contributed by atoms with Gasteiger partial charge < -0.3 is 4.90 Å². The molecule has 0 bridgehead atoms. The number of nitrogens with zero attached hydrogens (tertiary/aromatic N) is 1. The third-order valence-corrected chi connectivity index (χ3v) is 5.51. The van der Waals surface area contributed by atoms with Gasteiger partial charge in [-0.1, -0.05) is 19.1 Å². The number of hydrogen-bond acceptors (Lipinski definition) is 3. The second-order valence-electron chi connectivity index (χ2n) is 6.06. The standard InChI is InChI=1S/C16H24N2O3S/c1-4-13-5-7-15(8-6-13)22(20,21)17-10-14-9-16(19)18(11-14)12(2)3/h5-8,12,14,17H,4,9-11H2,1-3H3. The summed E-state index contributed by atoms with van der Waals surface area (Å²) >= 11 is 0. The molecule has 1 unspecified atom stereocenters. The van der Waals surface area contributed by atoms with Gasteiger partial charge in [0.1, 0.15) is 0 Å². The first kappa shape index (κ1) is 17.0. The van der Waals surface area contributed by atoms with Gasteiger partial charge in [0, 0.05) is 25.6 Å². The molecule has 0 spiro atoms. The normalized spacial score (nSPS) is 19.2. The Kier molecular flexibility index (Phi) is 5.24. The third kappa shape index (κ3) is 3.87. The Hall–Kier alpha value is -1.40. The van der Waals surface area contributed by atoms with E-state index in [0.29, 0.717) is 19.5 Å². The van der Waals surface area contributed by atoms with Gasteiger partial charge in [0.05, 0.1) is 4.90 Å². The topological polar surface area (TPSA) is 66.5 Å². The number of sulfonamides is 1. The molecule has 1 N–H and O–H groups in total. The molecule has 1 aromatic carbocycles. The van der Waals surface area contributed by atoms with Crippen molar-refractivity contribution in [3.05, 3.63) is 29.8 Å². The smallest absolute Gasteiger partial charge is 0.240 e. The van der Waals surface area contributed by atoms with Crippen molar-refractivity contribution >= 4 is 15.9 Å². The highest BCUT2D eigenvalue weighted by Crippen LogP contribution is 2.20. The van der Waals surface area contributed by atoms with Gasteiger partial charge in [-0.25, -0.2) is 13.1 Å². The first-order chi connectivity index (χ1) is 10.3. The number of nitrogens with one attached hydrogen (secondary N) is 1. The van der Waals surface area contributed by atoms with Gasteiger partial charge in [0.2, 0.25) is 15.9 Å². The highest BCUT2D eigenvalue weighted by molar-refractivity contribution is 7.89. The lowest BCUT2D eigenvalue weighted by Gasteiger charge is -2.21. The van der Waals surface area contributed by atoms with Crippen LogP contribution in [0.1, 0.15) is 32.8 Å². The Morgan fingerprint density at radius 3 is 2.41 bits per heavy atom. The van der Waals surface area contributed by atoms with Crippen LogP contribution in [0.2, 0.25) is 0 Å². The molecule has 1 saturated heterocycles. The van der Waals surface area contributed by atoms with Crippen LogP contribution < -0.4 is 4.72 Å². The number of amides is 1. The van der Waals surface area contributed by atoms with E-state index in [4.69, 9.17) is 0 Å². The zero-order valence-corrected chi connectivity index (χ0v) is 14.2. The first-order valence-corrected chi connectivity index (χ1v) is 9.20. The quantitative estimate of drug-likeness (QED) is 0.867. The van der Waals surface area contributed by atoms with Crippen molar-refractivity contribution in [3.63, 3.8) is 0 Å². The summed E-state index contributed by atoms with van der Waals surface area (Å²) in [6.45, 7) is 6.89. The van der Waals surface area contributed by atoms with Gasteiger partial charge in [-0.2, -0.15) is 0 Å². The average molecular weight is 324 g/mol. The van der Waals surface area contributed by atoms with E-state index in [0.717, 1.165) is 12.0 Å². The van der Waals surface area contributed by atoms with Crippen molar-refractivity contribution in [1.82, 2.24) is 9.62 Å². The Morgan fingerprint density at radius 1 is 1.27 bits per heavy atom. The van der Waals surface area contributed by atoms with Crippen LogP contribution in [-0.2, 0) is 21.2 Å². The van der Waals surface area contributed by atoms with Gasteiger partial charge in [0.15, 0.2) is 0 Å². The molecule has 1 aromatic rings. The number of likely N-dealkylation sites (tertiary alicyclic amines) is 1. The molecule has 0 saturated carbocycles. The summed E-state index contributed by atoms with van der Waals surface area (Å²) in [5.41, 5.74) is 1.10. The fraction of sp³-hybridized carbons (Fsp3) is 0.562. The Bertz CT molecular complexity index is 623. The molecule has 2 rings (SSSR count). The van der Waals surface area contributed by atoms with E-state index in [9.17, 15) is 13.2 Å². The molecule has 122 valence electrons. The maximum Gasteiger partial charge on any atom is 0.240 e. The van der Waals surface area contributed by atoms with Crippen LogP contribution in [0.5, 0.6) is 0 Å². The lowest BCUT2D eigenvalue weighted by Crippen LogP contribution is -2.34. The Balaban J connectivity index is 1.97. The molecule has 1 aliphatic heterocycles. The van der Waals surface area contributed by atoms with Crippen LogP contribution in [0.4, 0.5) is 0 Å². The van der Waals surface area contributed by atoms with Crippen molar-refractivity contribution in [2.75, 3.05) is 13.1 Å². The maximum absolute atomic E-state index is 12.3. The summed E-state index contributed by atoms with van der Waals surface area (Å²) in [7, 11) is -3.51. The van der Waals surface area contributed by atoms with E-state index in [1.807, 2.05) is 32.9 Å². The van der Waals surface area contributed by atoms with Gasteiger partial charge in [-0.15, -0.1) is 0 Å². The van der Waals surface area contributed by atoms with E-state index in [1.165, 1.54) is 0 Å². The third-order valence-electron chi connectivity index (χ3n) is 4.07. The minimum Gasteiger partial charge on any atom is -0.340 e. The highest BCUT2D eigenvalue weighted by atomic mass is 32.2. The Labute approximate surface area is 132 Å². The molecule has 1 aliphatic rings. The number of benzene rings is 1. The van der Waals surface area contributed by atoms with Crippen molar-refractivity contribution in [1.29, 1.82) is 0 Å². The van der Waals surface area contributed by atoms with Crippen LogP contribution in [-0.4, -0.2) is 38.4 Å². The molecule has 0 radical (unpaired) electrons. The monoisotopic (exact) mass is 324 g/mol. The summed E-state index contributed by atoms with van der Waals surface area (Å²) in [6, 6.07) is 7.07. The van der Waals surface area contributed by atoms with E-state index >= 15 is 0 Å². The van der Waals surface area contributed by atoms with Gasteiger partial charge in [0.25, 0.3) is 0 Å². The van der Waals surface area contributed by atoms with Gasteiger partial charge >= 0.3 is 0 Å². The fourth-order valence-corrected chi connectivity index (χ4v) is 3.78. The highest BCUT2D eigenvalue weighted by Gasteiger charge is 2.31. The lowest BCUT2D eigenvalue weighted by molar-refractivity contribution is -0.129. The minimum atomic E-state index is -3.51. The predicted molar refractivity (Wildman–Crippen MR) is 86.0 cm³/mol. The van der Waals surface area contributed by atoms with Crippen LogP contribution >= 0.6 is 0 Å². The Morgan fingerprint density at radius 2 is 1.91 bits per heavy atom. The summed E-state index contributed by atoms with van der Waals surface area (Å²) in [4.78, 5) is 13.9. The number of aryl methyl sites for hydroxylation is 1. The minimum absolute atomic E-state index is 0.0413. The molecule has 0 aromatic heterocycles. The summed E-state index contributed by atoms with van der Waals surface area (Å²) in [5.74, 6) is 0.145. The second kappa shape index (κ2) is 6.79. The number of carbonyl (C=O) groups excluding carboxylic acids is 1. The van der Waals surface area contributed by atoms with Crippen LogP contribution in [0, 0.1) is 5.92 Å². The molecule has 1 fully saturated rings. The van der Waals surface area contributed by atoms with E-state index in [2.05, 4.69) is 4.72 Å². The SMILES string of the molecule is CCc1ccc(S(=O)(=O)NCC2CC(=O)N(C(C)C)C2)cc1. The van der Waals surface area contributed by atoms with Gasteiger partial charge in [-0.05, 0) is 43.9 Å². The van der Waals surface area contributed by atoms with E-state index in [1.54, 1.807) is 17.0 Å².